The van der Waals surface area contributed by atoms with Crippen LogP contribution in [0, 0.1) is 0 Å². The first-order valence-electron chi connectivity index (χ1n) is 4.47. The average molecular weight is 201 g/mol. The lowest BCUT2D eigenvalue weighted by Crippen LogP contribution is -2.57. The number of amides is 2. The fraction of sp³-hybridized carbons (Fsp3) is 0.750. The van der Waals surface area contributed by atoms with Gasteiger partial charge in [-0.1, -0.05) is 0 Å². The highest BCUT2D eigenvalue weighted by Crippen LogP contribution is 2.07. The Morgan fingerprint density at radius 3 is 2.71 bits per heavy atom. The molecule has 0 aromatic rings. The molecule has 0 aromatic carbocycles. The summed E-state index contributed by atoms with van der Waals surface area (Å²) in [5.41, 5.74) is 10.6. The number of hydrogen-bond acceptors (Lipinski definition) is 4. The Morgan fingerprint density at radius 2 is 2.21 bits per heavy atom. The van der Waals surface area contributed by atoms with Crippen molar-refractivity contribution in [3.63, 3.8) is 0 Å². The van der Waals surface area contributed by atoms with Gasteiger partial charge in [0.15, 0.2) is 0 Å². The molecule has 6 heteroatoms. The summed E-state index contributed by atoms with van der Waals surface area (Å²) in [5.74, 6) is -0.823. The van der Waals surface area contributed by atoms with Crippen LogP contribution < -0.4 is 11.5 Å². The van der Waals surface area contributed by atoms with Crippen molar-refractivity contribution in [3.05, 3.63) is 0 Å². The van der Waals surface area contributed by atoms with Gasteiger partial charge in [-0.15, -0.1) is 0 Å². The molecule has 2 unspecified atom stereocenters. The highest BCUT2D eigenvalue weighted by molar-refractivity contribution is 5.89. The number of hydrogen-bond donors (Lipinski definition) is 2. The Labute approximate surface area is 82.2 Å². The van der Waals surface area contributed by atoms with Crippen LogP contribution in [-0.4, -0.2) is 48.6 Å². The molecule has 1 saturated heterocycles. The zero-order valence-electron chi connectivity index (χ0n) is 8.10. The van der Waals surface area contributed by atoms with Gasteiger partial charge in [0, 0.05) is 6.54 Å². The van der Waals surface area contributed by atoms with Gasteiger partial charge < -0.3 is 21.1 Å². The van der Waals surface area contributed by atoms with Crippen molar-refractivity contribution < 1.29 is 14.3 Å². The monoisotopic (exact) mass is 201 g/mol. The summed E-state index contributed by atoms with van der Waals surface area (Å²) in [6.45, 7) is 2.53. The number of nitrogens with zero attached hydrogens (tertiary/aromatic N) is 1. The maximum absolute atomic E-state index is 11.6. The molecule has 0 aliphatic carbocycles. The van der Waals surface area contributed by atoms with E-state index in [1.54, 1.807) is 6.92 Å². The second kappa shape index (κ2) is 4.39. The van der Waals surface area contributed by atoms with Gasteiger partial charge in [-0.2, -0.15) is 0 Å². The maximum atomic E-state index is 11.6. The fourth-order valence-electron chi connectivity index (χ4n) is 1.36. The molecule has 0 bridgehead atoms. The lowest BCUT2D eigenvalue weighted by Gasteiger charge is -2.34. The van der Waals surface area contributed by atoms with Gasteiger partial charge in [0.2, 0.25) is 11.8 Å². The summed E-state index contributed by atoms with van der Waals surface area (Å²) in [6.07, 6.45) is 0. The third-order valence-electron chi connectivity index (χ3n) is 2.13. The standard InChI is InChI=1S/C8H15N3O3/c1-5(9)8(13)11-2-3-14-4-6(11)7(10)12/h5-6H,2-4,9H2,1H3,(H2,10,12). The average Bonchev–Trinajstić information content (AvgIpc) is 2.16. The quantitative estimate of drug-likeness (QED) is 0.542. The molecule has 1 heterocycles. The van der Waals surface area contributed by atoms with E-state index >= 15 is 0 Å². The highest BCUT2D eigenvalue weighted by atomic mass is 16.5. The van der Waals surface area contributed by atoms with Crippen LogP contribution >= 0.6 is 0 Å². The number of nitrogens with two attached hydrogens (primary N) is 2. The van der Waals surface area contributed by atoms with Crippen LogP contribution in [0.25, 0.3) is 0 Å². The predicted molar refractivity (Wildman–Crippen MR) is 49.2 cm³/mol. The molecule has 0 saturated carbocycles. The van der Waals surface area contributed by atoms with E-state index in [9.17, 15) is 9.59 Å². The Hall–Kier alpha value is -1.14. The number of carbonyl (C=O) groups excluding carboxylic acids is 2. The molecule has 80 valence electrons. The molecule has 2 atom stereocenters. The molecule has 1 aliphatic heterocycles. The van der Waals surface area contributed by atoms with Crippen molar-refractivity contribution in [2.45, 2.75) is 19.0 Å². The fourth-order valence-corrected chi connectivity index (χ4v) is 1.36. The van der Waals surface area contributed by atoms with Gasteiger partial charge in [-0.05, 0) is 6.92 Å². The number of ether oxygens (including phenoxy) is 1. The van der Waals surface area contributed by atoms with Crippen LogP contribution in [0.3, 0.4) is 0 Å². The molecule has 14 heavy (non-hydrogen) atoms. The van der Waals surface area contributed by atoms with Crippen LogP contribution in [-0.2, 0) is 14.3 Å². The van der Waals surface area contributed by atoms with E-state index < -0.39 is 18.0 Å². The smallest absolute Gasteiger partial charge is 0.242 e. The Balaban J connectivity index is 2.72. The van der Waals surface area contributed by atoms with Crippen molar-refractivity contribution in [2.75, 3.05) is 19.8 Å². The molecular formula is C8H15N3O3. The summed E-state index contributed by atoms with van der Waals surface area (Å²) >= 11 is 0. The van der Waals surface area contributed by atoms with Crippen molar-refractivity contribution >= 4 is 11.8 Å². The highest BCUT2D eigenvalue weighted by Gasteiger charge is 2.32. The minimum Gasteiger partial charge on any atom is -0.377 e. The number of carbonyl (C=O) groups is 2. The van der Waals surface area contributed by atoms with Crippen LogP contribution in [0.5, 0.6) is 0 Å². The second-order valence-electron chi connectivity index (χ2n) is 3.31. The van der Waals surface area contributed by atoms with Crippen molar-refractivity contribution in [2.24, 2.45) is 11.5 Å². The number of primary amides is 1. The third kappa shape index (κ3) is 2.21. The maximum Gasteiger partial charge on any atom is 0.242 e. The molecule has 1 fully saturated rings. The largest absolute Gasteiger partial charge is 0.377 e. The van der Waals surface area contributed by atoms with Gasteiger partial charge in [-0.3, -0.25) is 9.59 Å². The molecule has 0 aromatic heterocycles. The molecule has 2 amide bonds. The minimum absolute atomic E-state index is 0.161. The van der Waals surface area contributed by atoms with E-state index in [1.807, 2.05) is 0 Å². The molecule has 6 nitrogen and oxygen atoms in total. The molecule has 0 radical (unpaired) electrons. The van der Waals surface area contributed by atoms with Crippen molar-refractivity contribution in [3.8, 4) is 0 Å². The molecular weight excluding hydrogens is 186 g/mol. The van der Waals surface area contributed by atoms with Gasteiger partial charge in [-0.25, -0.2) is 0 Å². The predicted octanol–water partition coefficient (Wildman–Crippen LogP) is -1.95. The summed E-state index contributed by atoms with van der Waals surface area (Å²) in [7, 11) is 0. The molecule has 1 rings (SSSR count). The van der Waals surface area contributed by atoms with Gasteiger partial charge >= 0.3 is 0 Å². The molecule has 4 N–H and O–H groups in total. The first-order valence-corrected chi connectivity index (χ1v) is 4.47. The van der Waals surface area contributed by atoms with Crippen LogP contribution in [0.4, 0.5) is 0 Å². The van der Waals surface area contributed by atoms with Gasteiger partial charge in [0.1, 0.15) is 6.04 Å². The molecule has 1 aliphatic rings. The van der Waals surface area contributed by atoms with Crippen molar-refractivity contribution in [1.29, 1.82) is 0 Å². The second-order valence-corrected chi connectivity index (χ2v) is 3.31. The van der Waals surface area contributed by atoms with E-state index in [2.05, 4.69) is 0 Å². The van der Waals surface area contributed by atoms with E-state index in [4.69, 9.17) is 16.2 Å². The third-order valence-corrected chi connectivity index (χ3v) is 2.13. The lowest BCUT2D eigenvalue weighted by molar-refractivity contribution is -0.147. The first kappa shape index (κ1) is 10.9. The number of rotatable bonds is 2. The minimum atomic E-state index is -0.678. The van der Waals surface area contributed by atoms with E-state index in [-0.39, 0.29) is 12.5 Å². The van der Waals surface area contributed by atoms with Gasteiger partial charge in [0.25, 0.3) is 0 Å². The summed E-state index contributed by atoms with van der Waals surface area (Å²) < 4.78 is 5.07. The normalized spacial score (nSPS) is 24.4. The van der Waals surface area contributed by atoms with Crippen LogP contribution in [0.1, 0.15) is 6.92 Å². The first-order chi connectivity index (χ1) is 6.54. The Kier molecular flexibility index (Phi) is 3.43. The summed E-state index contributed by atoms with van der Waals surface area (Å²) in [6, 6.07) is -1.29. The number of morpholine rings is 1. The Morgan fingerprint density at radius 1 is 1.57 bits per heavy atom. The Bertz CT molecular complexity index is 242. The van der Waals surface area contributed by atoms with Gasteiger partial charge in [0.05, 0.1) is 19.3 Å². The van der Waals surface area contributed by atoms with E-state index in [1.165, 1.54) is 4.90 Å². The zero-order valence-corrected chi connectivity index (χ0v) is 8.10. The summed E-state index contributed by atoms with van der Waals surface area (Å²) in [4.78, 5) is 23.9. The topological polar surface area (TPSA) is 98.7 Å². The van der Waals surface area contributed by atoms with Crippen LogP contribution in [0.2, 0.25) is 0 Å². The van der Waals surface area contributed by atoms with Crippen molar-refractivity contribution in [1.82, 2.24) is 4.90 Å². The van der Waals surface area contributed by atoms with E-state index in [0.717, 1.165) is 0 Å². The zero-order chi connectivity index (χ0) is 10.7. The summed E-state index contributed by atoms with van der Waals surface area (Å²) in [5, 5.41) is 0. The van der Waals surface area contributed by atoms with Crippen LogP contribution in [0.15, 0.2) is 0 Å². The lowest BCUT2D eigenvalue weighted by atomic mass is 10.2. The molecule has 0 spiro atoms. The SMILES string of the molecule is CC(N)C(=O)N1CCOCC1C(N)=O. The van der Waals surface area contributed by atoms with E-state index in [0.29, 0.717) is 13.2 Å².